The lowest BCUT2D eigenvalue weighted by Crippen LogP contribution is -2.54. The number of hydrogen-bond acceptors (Lipinski definition) is 6. The lowest BCUT2D eigenvalue weighted by atomic mass is 9.91. The van der Waals surface area contributed by atoms with E-state index in [1.165, 1.54) is 16.5 Å². The van der Waals surface area contributed by atoms with Crippen molar-refractivity contribution in [3.05, 3.63) is 113 Å². The van der Waals surface area contributed by atoms with Crippen molar-refractivity contribution in [2.75, 3.05) is 25.5 Å². The molecule has 3 aromatic carbocycles. The predicted octanol–water partition coefficient (Wildman–Crippen LogP) is 6.27. The summed E-state index contributed by atoms with van der Waals surface area (Å²) in [4.78, 5) is 24.2. The standard InChI is InChI=1S/C38H44N6O2/c1-38(2,39)37(45)43-34(22-28-24-42-33-14-7-5-12-31(28)33)35-15-9-21-40-36(44(35)25-26-17-19-29(46-3)20-18-26)16-8-10-27-23-41-32-13-6-4-11-30(27)32/h4-7,9,11-14,17-20,23,28,34,41-42H,8,10,16,21-22,24-25,39H2,1-3H3,(H,43,45)/t28?,34-/m1/s1. The molecular formula is C38H44N6O2. The van der Waals surface area contributed by atoms with Gasteiger partial charge in [-0.05, 0) is 80.1 Å². The van der Waals surface area contributed by atoms with Gasteiger partial charge in [0, 0.05) is 48.2 Å². The molecule has 0 bridgehead atoms. The van der Waals surface area contributed by atoms with Gasteiger partial charge in [0.05, 0.1) is 30.9 Å². The van der Waals surface area contributed by atoms with Gasteiger partial charge in [0.25, 0.3) is 0 Å². The summed E-state index contributed by atoms with van der Waals surface area (Å²) in [5.74, 6) is 1.82. The fourth-order valence-corrected chi connectivity index (χ4v) is 6.41. The Morgan fingerprint density at radius 2 is 1.89 bits per heavy atom. The van der Waals surface area contributed by atoms with Crippen LogP contribution in [0.1, 0.15) is 55.7 Å². The van der Waals surface area contributed by atoms with E-state index in [4.69, 9.17) is 15.5 Å². The first kappa shape index (κ1) is 31.2. The van der Waals surface area contributed by atoms with Crippen LogP contribution in [0.25, 0.3) is 10.9 Å². The number of anilines is 1. The number of aryl methyl sites for hydroxylation is 1. The van der Waals surface area contributed by atoms with Gasteiger partial charge in [-0.15, -0.1) is 0 Å². The molecule has 4 aromatic rings. The molecule has 0 saturated heterocycles. The Hall–Kier alpha value is -4.78. The maximum Gasteiger partial charge on any atom is 0.240 e. The number of carbonyl (C=O) groups excluding carboxylic acids is 1. The molecule has 2 atom stereocenters. The fraction of sp³-hybridized carbons (Fsp3) is 0.342. The molecular weight excluding hydrogens is 572 g/mol. The van der Waals surface area contributed by atoms with Crippen LogP contribution in [0, 0.1) is 0 Å². The zero-order chi connectivity index (χ0) is 32.1. The van der Waals surface area contributed by atoms with E-state index in [1.807, 2.05) is 18.2 Å². The van der Waals surface area contributed by atoms with Gasteiger partial charge in [-0.2, -0.15) is 0 Å². The number of ether oxygens (including phenoxy) is 1. The molecule has 3 heterocycles. The highest BCUT2D eigenvalue weighted by molar-refractivity contribution is 5.87. The lowest BCUT2D eigenvalue weighted by molar-refractivity contribution is -0.125. The second-order valence-electron chi connectivity index (χ2n) is 12.8. The van der Waals surface area contributed by atoms with E-state index < -0.39 is 5.54 Å². The maximum atomic E-state index is 13.5. The van der Waals surface area contributed by atoms with E-state index in [2.05, 4.69) is 93.1 Å². The van der Waals surface area contributed by atoms with Crippen LogP contribution in [0.2, 0.25) is 0 Å². The molecule has 1 unspecified atom stereocenters. The van der Waals surface area contributed by atoms with Crippen molar-refractivity contribution in [3.63, 3.8) is 0 Å². The number of aromatic amines is 1. The Labute approximate surface area is 271 Å². The van der Waals surface area contributed by atoms with Gasteiger partial charge in [0.15, 0.2) is 0 Å². The van der Waals surface area contributed by atoms with Crippen molar-refractivity contribution in [1.82, 2.24) is 15.2 Å². The lowest BCUT2D eigenvalue weighted by Gasteiger charge is -2.34. The van der Waals surface area contributed by atoms with Gasteiger partial charge in [0.2, 0.25) is 5.91 Å². The summed E-state index contributed by atoms with van der Waals surface area (Å²) in [6.45, 7) is 5.41. The molecule has 8 nitrogen and oxygen atoms in total. The average Bonchev–Trinajstić information content (AvgIpc) is 3.61. The zero-order valence-electron chi connectivity index (χ0n) is 27.0. The Bertz CT molecular complexity index is 1770. The van der Waals surface area contributed by atoms with Gasteiger partial charge in [-0.25, -0.2) is 0 Å². The number of H-pyrrole nitrogens is 1. The van der Waals surface area contributed by atoms with E-state index in [0.29, 0.717) is 19.5 Å². The number of fused-ring (bicyclic) bond motifs is 2. The number of amidine groups is 1. The molecule has 2 aliphatic rings. The molecule has 238 valence electrons. The van der Waals surface area contributed by atoms with Crippen LogP contribution in [0.4, 0.5) is 5.69 Å². The van der Waals surface area contributed by atoms with Gasteiger partial charge in [-0.3, -0.25) is 9.79 Å². The minimum absolute atomic E-state index is 0.197. The topological polar surface area (TPSA) is 108 Å². The van der Waals surface area contributed by atoms with Crippen LogP contribution in [0.15, 0.2) is 101 Å². The first-order valence-electron chi connectivity index (χ1n) is 16.2. The number of carbonyl (C=O) groups is 1. The fourth-order valence-electron chi connectivity index (χ4n) is 6.41. The first-order valence-corrected chi connectivity index (χ1v) is 16.2. The number of aliphatic imine (C=N–C) groups is 1. The molecule has 46 heavy (non-hydrogen) atoms. The molecule has 8 heteroatoms. The number of aromatic nitrogens is 1. The minimum Gasteiger partial charge on any atom is -0.497 e. The summed E-state index contributed by atoms with van der Waals surface area (Å²) >= 11 is 0. The van der Waals surface area contributed by atoms with Gasteiger partial charge >= 0.3 is 0 Å². The van der Waals surface area contributed by atoms with Crippen LogP contribution in [-0.2, 0) is 17.8 Å². The molecule has 5 N–H and O–H groups in total. The van der Waals surface area contributed by atoms with E-state index >= 15 is 0 Å². The molecule has 1 aromatic heterocycles. The van der Waals surface area contributed by atoms with Crippen molar-refractivity contribution < 1.29 is 9.53 Å². The number of nitrogens with two attached hydrogens (primary N) is 1. The predicted molar refractivity (Wildman–Crippen MR) is 186 cm³/mol. The number of amides is 1. The van der Waals surface area contributed by atoms with Crippen LogP contribution < -0.4 is 21.1 Å². The molecule has 0 saturated carbocycles. The van der Waals surface area contributed by atoms with Gasteiger partial charge < -0.3 is 31.0 Å². The summed E-state index contributed by atoms with van der Waals surface area (Å²) in [6.07, 6.45) is 7.44. The van der Waals surface area contributed by atoms with Crippen LogP contribution in [0.5, 0.6) is 5.75 Å². The molecule has 0 aliphatic carbocycles. The number of methoxy groups -OCH3 is 1. The Kier molecular flexibility index (Phi) is 9.29. The molecule has 0 spiro atoms. The monoisotopic (exact) mass is 616 g/mol. The van der Waals surface area contributed by atoms with E-state index in [-0.39, 0.29) is 17.9 Å². The summed E-state index contributed by atoms with van der Waals surface area (Å²) in [5, 5.41) is 8.15. The third kappa shape index (κ3) is 7.04. The molecule has 0 fully saturated rings. The van der Waals surface area contributed by atoms with Crippen LogP contribution in [0.3, 0.4) is 0 Å². The summed E-state index contributed by atoms with van der Waals surface area (Å²) in [7, 11) is 1.68. The highest BCUT2D eigenvalue weighted by atomic mass is 16.5. The third-order valence-electron chi connectivity index (χ3n) is 8.92. The Balaban J connectivity index is 1.31. The highest BCUT2D eigenvalue weighted by Gasteiger charge is 2.34. The van der Waals surface area contributed by atoms with Crippen LogP contribution >= 0.6 is 0 Å². The van der Waals surface area contributed by atoms with Gasteiger partial charge in [-0.1, -0.05) is 54.3 Å². The Morgan fingerprint density at radius 3 is 2.70 bits per heavy atom. The number of nitrogens with one attached hydrogen (secondary N) is 3. The number of nitrogens with zero attached hydrogens (tertiary/aromatic N) is 2. The molecule has 0 radical (unpaired) electrons. The third-order valence-corrected chi connectivity index (χ3v) is 8.92. The number of benzene rings is 3. The largest absolute Gasteiger partial charge is 0.497 e. The Morgan fingerprint density at radius 1 is 1.11 bits per heavy atom. The van der Waals surface area contributed by atoms with E-state index in [1.54, 1.807) is 21.0 Å². The summed E-state index contributed by atoms with van der Waals surface area (Å²) in [6, 6.07) is 24.7. The number of rotatable bonds is 12. The average molecular weight is 617 g/mol. The second kappa shape index (κ2) is 13.7. The quantitative estimate of drug-likeness (QED) is 0.140. The van der Waals surface area contributed by atoms with Crippen molar-refractivity contribution in [1.29, 1.82) is 0 Å². The highest BCUT2D eigenvalue weighted by Crippen LogP contribution is 2.36. The van der Waals surface area contributed by atoms with Crippen molar-refractivity contribution in [3.8, 4) is 5.75 Å². The second-order valence-corrected chi connectivity index (χ2v) is 12.8. The summed E-state index contributed by atoms with van der Waals surface area (Å²) < 4.78 is 5.43. The number of para-hydroxylation sites is 2. The van der Waals surface area contributed by atoms with E-state index in [0.717, 1.165) is 59.9 Å². The van der Waals surface area contributed by atoms with Crippen molar-refractivity contribution in [2.45, 2.75) is 63.6 Å². The van der Waals surface area contributed by atoms with Crippen molar-refractivity contribution in [2.24, 2.45) is 10.7 Å². The zero-order valence-corrected chi connectivity index (χ0v) is 27.0. The van der Waals surface area contributed by atoms with Crippen LogP contribution in [-0.4, -0.2) is 53.4 Å². The SMILES string of the molecule is COc1ccc(CN2C([C@@H](CC3CNc4ccccc43)NC(=O)C(C)(C)N)=C=CCN=C2CCCc2c[nH]c3ccccc23)cc1. The molecule has 6 rings (SSSR count). The smallest absolute Gasteiger partial charge is 0.240 e. The summed E-state index contributed by atoms with van der Waals surface area (Å²) in [5.41, 5.74) is 15.8. The van der Waals surface area contributed by atoms with Crippen molar-refractivity contribution >= 4 is 28.3 Å². The maximum absolute atomic E-state index is 13.5. The molecule has 2 aliphatic heterocycles. The first-order chi connectivity index (χ1) is 22.3. The van der Waals surface area contributed by atoms with E-state index in [9.17, 15) is 4.79 Å². The number of hydrogen-bond donors (Lipinski definition) is 4. The normalized spacial score (nSPS) is 16.7. The minimum atomic E-state index is -1.03. The molecule has 1 amide bonds. The van der Waals surface area contributed by atoms with Gasteiger partial charge in [0.1, 0.15) is 11.6 Å².